The van der Waals surface area contributed by atoms with Crippen LogP contribution in [0.1, 0.15) is 30.8 Å². The molecule has 112 valence electrons. The molecule has 1 saturated heterocycles. The van der Waals surface area contributed by atoms with Crippen LogP contribution in [0.5, 0.6) is 0 Å². The van der Waals surface area contributed by atoms with E-state index in [1.165, 1.54) is 4.88 Å². The summed E-state index contributed by atoms with van der Waals surface area (Å²) in [6.07, 6.45) is 1.13. The fourth-order valence-electron chi connectivity index (χ4n) is 2.78. The van der Waals surface area contributed by atoms with Crippen LogP contribution in [-0.4, -0.2) is 47.4 Å². The van der Waals surface area contributed by atoms with Crippen molar-refractivity contribution in [2.75, 3.05) is 26.7 Å². The van der Waals surface area contributed by atoms with E-state index in [9.17, 15) is 4.79 Å². The predicted molar refractivity (Wildman–Crippen MR) is 82.7 cm³/mol. The van der Waals surface area contributed by atoms with Gasteiger partial charge in [-0.15, -0.1) is 11.3 Å². The van der Waals surface area contributed by atoms with E-state index in [4.69, 9.17) is 0 Å². The van der Waals surface area contributed by atoms with Gasteiger partial charge in [0.15, 0.2) is 0 Å². The van der Waals surface area contributed by atoms with Crippen molar-refractivity contribution in [3.05, 3.63) is 16.1 Å². The second-order valence-electron chi connectivity index (χ2n) is 6.15. The number of aromatic nitrogens is 1. The monoisotopic (exact) mass is 295 g/mol. The highest BCUT2D eigenvalue weighted by atomic mass is 32.1. The quantitative estimate of drug-likeness (QED) is 0.837. The van der Waals surface area contributed by atoms with E-state index in [0.29, 0.717) is 11.8 Å². The molecule has 0 saturated carbocycles. The summed E-state index contributed by atoms with van der Waals surface area (Å²) in [5, 5.41) is 0. The van der Waals surface area contributed by atoms with Crippen LogP contribution in [0.3, 0.4) is 0 Å². The van der Waals surface area contributed by atoms with Crippen molar-refractivity contribution in [1.82, 2.24) is 14.8 Å². The molecule has 1 amide bonds. The molecule has 0 spiro atoms. The van der Waals surface area contributed by atoms with Crippen LogP contribution in [0.4, 0.5) is 0 Å². The average Bonchev–Trinajstić information content (AvgIpc) is 2.99. The van der Waals surface area contributed by atoms with Gasteiger partial charge >= 0.3 is 0 Å². The van der Waals surface area contributed by atoms with E-state index >= 15 is 0 Å². The maximum absolute atomic E-state index is 12.0. The first kappa shape index (κ1) is 15.4. The molecular formula is C15H25N3OS. The summed E-state index contributed by atoms with van der Waals surface area (Å²) in [6.45, 7) is 9.89. The van der Waals surface area contributed by atoms with Crippen LogP contribution in [0.2, 0.25) is 0 Å². The van der Waals surface area contributed by atoms with Crippen molar-refractivity contribution >= 4 is 17.2 Å². The predicted octanol–water partition coefficient (Wildman–Crippen LogP) is 2.39. The van der Waals surface area contributed by atoms with Gasteiger partial charge in [0.25, 0.3) is 0 Å². The maximum Gasteiger partial charge on any atom is 0.225 e. The fraction of sp³-hybridized carbons (Fsp3) is 0.733. The first-order valence-corrected chi connectivity index (χ1v) is 8.21. The van der Waals surface area contributed by atoms with Gasteiger partial charge in [-0.05, 0) is 26.3 Å². The first-order chi connectivity index (χ1) is 9.47. The summed E-state index contributed by atoms with van der Waals surface area (Å²) in [4.78, 5) is 22.0. The Morgan fingerprint density at radius 1 is 1.60 bits per heavy atom. The van der Waals surface area contributed by atoms with Crippen molar-refractivity contribution in [2.45, 2.75) is 33.7 Å². The Hall–Kier alpha value is -0.940. The van der Waals surface area contributed by atoms with Crippen molar-refractivity contribution in [3.63, 3.8) is 0 Å². The minimum Gasteiger partial charge on any atom is -0.342 e. The molecule has 1 aliphatic heterocycles. The average molecular weight is 295 g/mol. The normalized spacial score (nSPS) is 19.3. The molecule has 20 heavy (non-hydrogen) atoms. The Morgan fingerprint density at radius 3 is 2.95 bits per heavy atom. The molecule has 5 heteroatoms. The number of amides is 1. The number of likely N-dealkylation sites (tertiary alicyclic amines) is 1. The smallest absolute Gasteiger partial charge is 0.225 e. The summed E-state index contributed by atoms with van der Waals surface area (Å²) in [5.74, 6) is 1.02. The lowest BCUT2D eigenvalue weighted by molar-refractivity contribution is -0.133. The summed E-state index contributed by atoms with van der Waals surface area (Å²) >= 11 is 1.73. The third kappa shape index (κ3) is 3.79. The largest absolute Gasteiger partial charge is 0.342 e. The van der Waals surface area contributed by atoms with Gasteiger partial charge in [0.05, 0.1) is 11.2 Å². The van der Waals surface area contributed by atoms with Gasteiger partial charge < -0.3 is 9.80 Å². The second-order valence-corrected chi connectivity index (χ2v) is 7.09. The lowest BCUT2D eigenvalue weighted by Crippen LogP contribution is -2.33. The summed E-state index contributed by atoms with van der Waals surface area (Å²) < 4.78 is 0. The number of hydrogen-bond acceptors (Lipinski definition) is 4. The molecule has 1 atom stereocenters. The first-order valence-electron chi connectivity index (χ1n) is 7.33. The van der Waals surface area contributed by atoms with E-state index in [1.807, 2.05) is 24.3 Å². The standard InChI is InChI=1S/C15H25N3OS/c1-11(2)15(19)18-6-5-13(8-18)7-17(4)9-14-12(3)16-10-20-14/h10-11,13H,5-9H2,1-4H3/t13-/m0/s1. The molecule has 1 fully saturated rings. The van der Waals surface area contributed by atoms with Crippen LogP contribution >= 0.6 is 11.3 Å². The molecule has 0 radical (unpaired) electrons. The van der Waals surface area contributed by atoms with Gasteiger partial charge in [-0.2, -0.15) is 0 Å². The maximum atomic E-state index is 12.0. The topological polar surface area (TPSA) is 36.4 Å². The zero-order valence-corrected chi connectivity index (χ0v) is 13.7. The minimum atomic E-state index is 0.117. The lowest BCUT2D eigenvalue weighted by atomic mass is 10.1. The third-order valence-electron chi connectivity index (χ3n) is 3.92. The van der Waals surface area contributed by atoms with E-state index in [1.54, 1.807) is 11.3 Å². The van der Waals surface area contributed by atoms with Gasteiger partial charge in [-0.3, -0.25) is 4.79 Å². The number of thiazole rings is 1. The van der Waals surface area contributed by atoms with Crippen molar-refractivity contribution in [3.8, 4) is 0 Å². The van der Waals surface area contributed by atoms with Crippen molar-refractivity contribution in [1.29, 1.82) is 0 Å². The highest BCUT2D eigenvalue weighted by Gasteiger charge is 2.28. The molecule has 4 nitrogen and oxygen atoms in total. The molecule has 0 N–H and O–H groups in total. The van der Waals surface area contributed by atoms with Crippen LogP contribution in [0, 0.1) is 18.8 Å². The van der Waals surface area contributed by atoms with E-state index in [0.717, 1.165) is 38.3 Å². The van der Waals surface area contributed by atoms with Crippen LogP contribution in [-0.2, 0) is 11.3 Å². The summed E-state index contributed by atoms with van der Waals surface area (Å²) in [7, 11) is 2.16. The summed E-state index contributed by atoms with van der Waals surface area (Å²) in [6, 6.07) is 0. The Balaban J connectivity index is 1.80. The van der Waals surface area contributed by atoms with Gasteiger partial charge in [0.1, 0.15) is 0 Å². The zero-order valence-electron chi connectivity index (χ0n) is 12.9. The highest BCUT2D eigenvalue weighted by Crippen LogP contribution is 2.21. The molecular weight excluding hydrogens is 270 g/mol. The van der Waals surface area contributed by atoms with Crippen LogP contribution in [0.15, 0.2) is 5.51 Å². The molecule has 0 unspecified atom stereocenters. The number of carbonyl (C=O) groups excluding carboxylic acids is 1. The van der Waals surface area contributed by atoms with Crippen molar-refractivity contribution < 1.29 is 4.79 Å². The van der Waals surface area contributed by atoms with E-state index in [2.05, 4.69) is 23.9 Å². The molecule has 1 aromatic rings. The van der Waals surface area contributed by atoms with E-state index < -0.39 is 0 Å². The molecule has 1 aliphatic rings. The van der Waals surface area contributed by atoms with E-state index in [-0.39, 0.29) is 5.92 Å². The molecule has 0 aliphatic carbocycles. The van der Waals surface area contributed by atoms with Gasteiger partial charge in [-0.25, -0.2) is 4.98 Å². The minimum absolute atomic E-state index is 0.117. The molecule has 1 aromatic heterocycles. The molecule has 2 heterocycles. The number of rotatable bonds is 5. The molecule has 0 aromatic carbocycles. The molecule has 0 bridgehead atoms. The van der Waals surface area contributed by atoms with Crippen LogP contribution in [0.25, 0.3) is 0 Å². The van der Waals surface area contributed by atoms with Gasteiger partial charge in [-0.1, -0.05) is 13.8 Å². The van der Waals surface area contributed by atoms with Gasteiger partial charge in [0.2, 0.25) is 5.91 Å². The number of nitrogens with zero attached hydrogens (tertiary/aromatic N) is 3. The molecule has 2 rings (SSSR count). The van der Waals surface area contributed by atoms with Crippen molar-refractivity contribution in [2.24, 2.45) is 11.8 Å². The lowest BCUT2D eigenvalue weighted by Gasteiger charge is -2.22. The zero-order chi connectivity index (χ0) is 14.7. The third-order valence-corrected chi connectivity index (χ3v) is 4.84. The number of carbonyl (C=O) groups is 1. The van der Waals surface area contributed by atoms with Crippen LogP contribution < -0.4 is 0 Å². The SMILES string of the molecule is Cc1ncsc1CN(C)C[C@@H]1CCN(C(=O)C(C)C)C1. The Morgan fingerprint density at radius 2 is 2.35 bits per heavy atom. The number of aryl methyl sites for hydroxylation is 1. The fourth-order valence-corrected chi connectivity index (χ4v) is 3.63. The Labute approximate surface area is 125 Å². The highest BCUT2D eigenvalue weighted by molar-refractivity contribution is 7.09. The Kier molecular flexibility index (Phi) is 5.16. The number of hydrogen-bond donors (Lipinski definition) is 0. The second kappa shape index (κ2) is 6.68. The summed E-state index contributed by atoms with van der Waals surface area (Å²) in [5.41, 5.74) is 3.06. The Bertz CT molecular complexity index is 458. The van der Waals surface area contributed by atoms with Gasteiger partial charge in [0, 0.05) is 37.0 Å².